The number of rotatable bonds is 9. The smallest absolute Gasteiger partial charge is 0.263 e. The van der Waals surface area contributed by atoms with Crippen LogP contribution < -0.4 is 15.4 Å². The standard InChI is InChI=1S/C25H21ClN4O4S2/c26-21-9-5-4-8-20(21)24(32)29-22(17-6-2-1-3-7-17)16-23(31)28-18-10-12-19(13-11-18)36(33,34)30-25-27-14-15-35-25/h1-15,22H,16H2,(H,27,30)(H,28,31)(H,29,32). The lowest BCUT2D eigenvalue weighted by atomic mass is 10.0. The third-order valence-electron chi connectivity index (χ3n) is 5.12. The topological polar surface area (TPSA) is 117 Å². The molecule has 3 aromatic carbocycles. The second kappa shape index (κ2) is 11.3. The van der Waals surface area contributed by atoms with Gasteiger partial charge in [-0.25, -0.2) is 13.4 Å². The Morgan fingerprint density at radius 3 is 2.31 bits per heavy atom. The van der Waals surface area contributed by atoms with E-state index in [1.807, 2.05) is 30.3 Å². The molecule has 8 nitrogen and oxygen atoms in total. The number of benzene rings is 3. The zero-order chi connectivity index (χ0) is 25.5. The predicted molar refractivity (Wildman–Crippen MR) is 141 cm³/mol. The molecular weight excluding hydrogens is 520 g/mol. The molecule has 0 radical (unpaired) electrons. The van der Waals surface area contributed by atoms with Crippen molar-refractivity contribution in [3.63, 3.8) is 0 Å². The van der Waals surface area contributed by atoms with Crippen molar-refractivity contribution in [2.75, 3.05) is 10.0 Å². The van der Waals surface area contributed by atoms with E-state index in [0.717, 1.165) is 5.56 Å². The molecular formula is C25H21ClN4O4S2. The summed E-state index contributed by atoms with van der Waals surface area (Å²) in [7, 11) is -3.80. The number of anilines is 2. The summed E-state index contributed by atoms with van der Waals surface area (Å²) in [5.74, 6) is -0.760. The van der Waals surface area contributed by atoms with Crippen LogP contribution in [0.25, 0.3) is 0 Å². The van der Waals surface area contributed by atoms with Crippen LogP contribution in [0.3, 0.4) is 0 Å². The number of hydrogen-bond donors (Lipinski definition) is 3. The summed E-state index contributed by atoms with van der Waals surface area (Å²) in [4.78, 5) is 29.6. The molecule has 11 heteroatoms. The predicted octanol–water partition coefficient (Wildman–Crippen LogP) is 5.10. The van der Waals surface area contributed by atoms with Gasteiger partial charge in [-0.3, -0.25) is 14.3 Å². The van der Waals surface area contributed by atoms with Crippen LogP contribution in [0.2, 0.25) is 5.02 Å². The number of thiazole rings is 1. The fraction of sp³-hybridized carbons (Fsp3) is 0.0800. The Morgan fingerprint density at radius 2 is 1.64 bits per heavy atom. The largest absolute Gasteiger partial charge is 0.345 e. The molecule has 184 valence electrons. The van der Waals surface area contributed by atoms with Crippen LogP contribution in [-0.2, 0) is 14.8 Å². The fourth-order valence-corrected chi connectivity index (χ4v) is 5.39. The third kappa shape index (κ3) is 6.48. The first kappa shape index (κ1) is 25.4. The SMILES string of the molecule is O=C(CC(NC(=O)c1ccccc1Cl)c1ccccc1)Nc1ccc(S(=O)(=O)Nc2nccs2)cc1. The van der Waals surface area contributed by atoms with Crippen LogP contribution in [0.4, 0.5) is 10.8 Å². The molecule has 1 heterocycles. The molecule has 0 saturated carbocycles. The molecule has 1 atom stereocenters. The summed E-state index contributed by atoms with van der Waals surface area (Å²) >= 11 is 7.32. The second-order valence-electron chi connectivity index (χ2n) is 7.64. The van der Waals surface area contributed by atoms with Gasteiger partial charge in [0.1, 0.15) is 0 Å². The lowest BCUT2D eigenvalue weighted by molar-refractivity contribution is -0.116. The van der Waals surface area contributed by atoms with Crippen molar-refractivity contribution >= 4 is 55.6 Å². The van der Waals surface area contributed by atoms with E-state index in [1.165, 1.54) is 41.8 Å². The Morgan fingerprint density at radius 1 is 0.944 bits per heavy atom. The van der Waals surface area contributed by atoms with Crippen molar-refractivity contribution in [2.45, 2.75) is 17.4 Å². The lowest BCUT2D eigenvalue weighted by Crippen LogP contribution is -2.31. The van der Waals surface area contributed by atoms with E-state index >= 15 is 0 Å². The van der Waals surface area contributed by atoms with Gasteiger partial charge in [0, 0.05) is 17.3 Å². The van der Waals surface area contributed by atoms with E-state index in [4.69, 9.17) is 11.6 Å². The number of sulfonamides is 1. The van der Waals surface area contributed by atoms with Gasteiger partial charge in [0.2, 0.25) is 5.91 Å². The van der Waals surface area contributed by atoms with Gasteiger partial charge in [0.05, 0.1) is 27.9 Å². The number of carbonyl (C=O) groups is 2. The van der Waals surface area contributed by atoms with Crippen molar-refractivity contribution in [3.8, 4) is 0 Å². The number of halogens is 1. The quantitative estimate of drug-likeness (QED) is 0.273. The number of aromatic nitrogens is 1. The van der Waals surface area contributed by atoms with E-state index < -0.39 is 22.0 Å². The Hall–Kier alpha value is -3.73. The summed E-state index contributed by atoms with van der Waals surface area (Å²) in [6.45, 7) is 0. The molecule has 4 rings (SSSR count). The van der Waals surface area contributed by atoms with E-state index in [1.54, 1.807) is 29.6 Å². The number of hydrogen-bond acceptors (Lipinski definition) is 6. The summed E-state index contributed by atoms with van der Waals surface area (Å²) in [6, 6.07) is 20.9. The highest BCUT2D eigenvalue weighted by Crippen LogP contribution is 2.23. The van der Waals surface area contributed by atoms with Gasteiger partial charge >= 0.3 is 0 Å². The Balaban J connectivity index is 1.44. The molecule has 3 N–H and O–H groups in total. The second-order valence-corrected chi connectivity index (χ2v) is 10.6. The minimum Gasteiger partial charge on any atom is -0.345 e. The molecule has 2 amide bonds. The van der Waals surface area contributed by atoms with E-state index in [-0.39, 0.29) is 22.4 Å². The minimum absolute atomic E-state index is 0.0323. The first-order chi connectivity index (χ1) is 17.3. The molecule has 1 aromatic heterocycles. The van der Waals surface area contributed by atoms with Gasteiger partial charge in [-0.1, -0.05) is 54.1 Å². The zero-order valence-corrected chi connectivity index (χ0v) is 21.1. The number of nitrogens with zero attached hydrogens (tertiary/aromatic N) is 1. The maximum Gasteiger partial charge on any atom is 0.263 e. The van der Waals surface area contributed by atoms with E-state index in [0.29, 0.717) is 16.3 Å². The first-order valence-corrected chi connectivity index (χ1v) is 13.5. The highest BCUT2D eigenvalue weighted by atomic mass is 35.5. The Kier molecular flexibility index (Phi) is 7.99. The summed E-state index contributed by atoms with van der Waals surface area (Å²) < 4.78 is 27.4. The normalized spacial score (nSPS) is 11.9. The number of carbonyl (C=O) groups excluding carboxylic acids is 2. The van der Waals surface area contributed by atoms with Crippen molar-refractivity contribution in [1.82, 2.24) is 10.3 Å². The van der Waals surface area contributed by atoms with Gasteiger partial charge in [0.25, 0.3) is 15.9 Å². The Bertz CT molecular complexity index is 1450. The summed E-state index contributed by atoms with van der Waals surface area (Å²) in [5.41, 5.74) is 1.48. The molecule has 0 saturated heterocycles. The average Bonchev–Trinajstić information content (AvgIpc) is 3.37. The van der Waals surface area contributed by atoms with Crippen LogP contribution in [0.15, 0.2) is 95.3 Å². The fourth-order valence-electron chi connectivity index (χ4n) is 3.38. The highest BCUT2D eigenvalue weighted by Gasteiger charge is 2.21. The van der Waals surface area contributed by atoms with Crippen molar-refractivity contribution < 1.29 is 18.0 Å². The number of nitrogens with one attached hydrogen (secondary N) is 3. The van der Waals surface area contributed by atoms with Crippen LogP contribution in [0, 0.1) is 0 Å². The molecule has 1 unspecified atom stereocenters. The van der Waals surface area contributed by atoms with Gasteiger partial charge < -0.3 is 10.6 Å². The first-order valence-electron chi connectivity index (χ1n) is 10.7. The van der Waals surface area contributed by atoms with E-state index in [9.17, 15) is 18.0 Å². The maximum absolute atomic E-state index is 12.8. The molecule has 4 aromatic rings. The Labute approximate surface area is 217 Å². The van der Waals surface area contributed by atoms with Gasteiger partial charge in [0.15, 0.2) is 5.13 Å². The third-order valence-corrected chi connectivity index (χ3v) is 7.62. The van der Waals surface area contributed by atoms with Crippen LogP contribution in [0.5, 0.6) is 0 Å². The van der Waals surface area contributed by atoms with E-state index in [2.05, 4.69) is 20.3 Å². The van der Waals surface area contributed by atoms with Crippen molar-refractivity contribution in [2.24, 2.45) is 0 Å². The molecule has 0 aliphatic heterocycles. The van der Waals surface area contributed by atoms with Gasteiger partial charge in [-0.15, -0.1) is 11.3 Å². The van der Waals surface area contributed by atoms with Crippen LogP contribution in [0.1, 0.15) is 28.4 Å². The molecule has 0 spiro atoms. The maximum atomic E-state index is 12.8. The van der Waals surface area contributed by atoms with Crippen molar-refractivity contribution in [1.29, 1.82) is 0 Å². The molecule has 0 aliphatic rings. The zero-order valence-electron chi connectivity index (χ0n) is 18.7. The monoisotopic (exact) mass is 540 g/mol. The van der Waals surface area contributed by atoms with Crippen molar-refractivity contribution in [3.05, 3.63) is 107 Å². The van der Waals surface area contributed by atoms with Crippen LogP contribution >= 0.6 is 22.9 Å². The molecule has 0 fully saturated rings. The van der Waals surface area contributed by atoms with Gasteiger partial charge in [-0.2, -0.15) is 0 Å². The number of amides is 2. The average molecular weight is 541 g/mol. The molecule has 0 bridgehead atoms. The lowest BCUT2D eigenvalue weighted by Gasteiger charge is -2.19. The molecule has 36 heavy (non-hydrogen) atoms. The minimum atomic E-state index is -3.80. The van der Waals surface area contributed by atoms with Gasteiger partial charge in [-0.05, 0) is 42.0 Å². The van der Waals surface area contributed by atoms with Crippen LogP contribution in [-0.4, -0.2) is 25.2 Å². The summed E-state index contributed by atoms with van der Waals surface area (Å²) in [5, 5.41) is 7.87. The molecule has 0 aliphatic carbocycles. The summed E-state index contributed by atoms with van der Waals surface area (Å²) in [6.07, 6.45) is 1.45. The highest BCUT2D eigenvalue weighted by molar-refractivity contribution is 7.93.